The second kappa shape index (κ2) is 8.78. The van der Waals surface area contributed by atoms with Crippen molar-refractivity contribution in [1.82, 2.24) is 15.5 Å². The van der Waals surface area contributed by atoms with Crippen LogP contribution in [-0.4, -0.2) is 50.5 Å². The Kier molecular flexibility index (Phi) is 8.16. The molecular weight excluding hydrogens is 228 g/mol. The number of hydrogen-bond donors (Lipinski definition) is 2. The first-order chi connectivity index (χ1) is 8.32. The molecule has 0 aliphatic rings. The van der Waals surface area contributed by atoms with E-state index in [2.05, 4.69) is 43.3 Å². The second-order valence-corrected chi connectivity index (χ2v) is 5.50. The molecule has 0 aromatic carbocycles. The van der Waals surface area contributed by atoms with Crippen molar-refractivity contribution < 1.29 is 4.79 Å². The summed E-state index contributed by atoms with van der Waals surface area (Å²) in [5.41, 5.74) is 0. The van der Waals surface area contributed by atoms with Gasteiger partial charge in [0.05, 0.1) is 0 Å². The average Bonchev–Trinajstić information content (AvgIpc) is 2.26. The van der Waals surface area contributed by atoms with Crippen LogP contribution in [0.5, 0.6) is 0 Å². The third kappa shape index (κ3) is 8.84. The first-order valence-electron chi connectivity index (χ1n) is 6.55. The Morgan fingerprint density at radius 3 is 1.83 bits per heavy atom. The molecule has 2 N–H and O–H groups in total. The topological polar surface area (TPSA) is 56.7 Å². The van der Waals surface area contributed by atoms with Crippen LogP contribution < -0.4 is 10.6 Å². The molecule has 106 valence electrons. The van der Waals surface area contributed by atoms with E-state index < -0.39 is 0 Å². The number of carbonyl (C=O) groups is 1. The number of nitrogens with one attached hydrogen (secondary N) is 2. The van der Waals surface area contributed by atoms with Gasteiger partial charge in [0.1, 0.15) is 6.54 Å². The third-order valence-electron chi connectivity index (χ3n) is 2.23. The van der Waals surface area contributed by atoms with Crippen molar-refractivity contribution in [3.63, 3.8) is 0 Å². The van der Waals surface area contributed by atoms with Crippen LogP contribution >= 0.6 is 0 Å². The molecule has 18 heavy (non-hydrogen) atoms. The number of rotatable bonds is 6. The summed E-state index contributed by atoms with van der Waals surface area (Å²) < 4.78 is 0. The lowest BCUT2D eigenvalue weighted by Gasteiger charge is -2.16. The fourth-order valence-corrected chi connectivity index (χ4v) is 1.06. The molecule has 0 spiro atoms. The fraction of sp³-hybridized carbons (Fsp3) is 0.846. The van der Waals surface area contributed by atoms with Crippen LogP contribution in [0.25, 0.3) is 0 Å². The van der Waals surface area contributed by atoms with E-state index in [0.717, 1.165) is 13.1 Å². The van der Waals surface area contributed by atoms with Crippen LogP contribution in [0.4, 0.5) is 0 Å². The molecule has 0 heterocycles. The summed E-state index contributed by atoms with van der Waals surface area (Å²) in [6, 6.07) is 0. The fourth-order valence-electron chi connectivity index (χ4n) is 1.06. The molecule has 0 atom stereocenters. The van der Waals surface area contributed by atoms with Crippen molar-refractivity contribution in [2.75, 3.05) is 33.7 Å². The minimum Gasteiger partial charge on any atom is -0.356 e. The van der Waals surface area contributed by atoms with E-state index in [9.17, 15) is 4.79 Å². The lowest BCUT2D eigenvalue weighted by atomic mass is 10.2. The van der Waals surface area contributed by atoms with E-state index in [4.69, 9.17) is 0 Å². The van der Waals surface area contributed by atoms with Gasteiger partial charge in [-0.15, -0.1) is 0 Å². The average molecular weight is 256 g/mol. The number of nitrogens with zero attached hydrogens (tertiary/aromatic N) is 2. The van der Waals surface area contributed by atoms with Gasteiger partial charge in [-0.05, 0) is 11.8 Å². The SMILES string of the molecule is CC(C)CNC(=NCC(=O)N(C)C)NCC(C)C. The van der Waals surface area contributed by atoms with Gasteiger partial charge in [-0.3, -0.25) is 4.79 Å². The highest BCUT2D eigenvalue weighted by Crippen LogP contribution is 1.90. The van der Waals surface area contributed by atoms with Crippen LogP contribution in [0, 0.1) is 11.8 Å². The zero-order chi connectivity index (χ0) is 14.1. The van der Waals surface area contributed by atoms with Crippen LogP contribution in [0.3, 0.4) is 0 Å². The van der Waals surface area contributed by atoms with Gasteiger partial charge in [0.15, 0.2) is 5.96 Å². The number of hydrogen-bond acceptors (Lipinski definition) is 2. The molecule has 0 saturated heterocycles. The number of guanidine groups is 1. The Balaban J connectivity index is 4.34. The molecule has 5 nitrogen and oxygen atoms in total. The predicted molar refractivity (Wildman–Crippen MR) is 76.7 cm³/mol. The van der Waals surface area contributed by atoms with E-state index in [1.165, 1.54) is 0 Å². The number of amides is 1. The molecule has 0 fully saturated rings. The highest BCUT2D eigenvalue weighted by atomic mass is 16.2. The van der Waals surface area contributed by atoms with Gasteiger partial charge in [0.2, 0.25) is 5.91 Å². The Hall–Kier alpha value is -1.26. The molecular formula is C13H28N4O. The van der Waals surface area contributed by atoms with Crippen molar-refractivity contribution in [1.29, 1.82) is 0 Å². The number of carbonyl (C=O) groups excluding carboxylic acids is 1. The second-order valence-electron chi connectivity index (χ2n) is 5.50. The molecule has 5 heteroatoms. The molecule has 0 saturated carbocycles. The molecule has 0 radical (unpaired) electrons. The summed E-state index contributed by atoms with van der Waals surface area (Å²) in [6.45, 7) is 10.4. The van der Waals surface area contributed by atoms with Gasteiger partial charge >= 0.3 is 0 Å². The van der Waals surface area contributed by atoms with Crippen molar-refractivity contribution >= 4 is 11.9 Å². The Morgan fingerprint density at radius 2 is 1.50 bits per heavy atom. The van der Waals surface area contributed by atoms with Gasteiger partial charge < -0.3 is 15.5 Å². The highest BCUT2D eigenvalue weighted by molar-refractivity contribution is 5.84. The molecule has 0 aliphatic carbocycles. The van der Waals surface area contributed by atoms with Gasteiger partial charge in [0.25, 0.3) is 0 Å². The summed E-state index contributed by atoms with van der Waals surface area (Å²) in [7, 11) is 3.47. The standard InChI is InChI=1S/C13H28N4O/c1-10(2)7-14-13(15-8-11(3)4)16-9-12(18)17(5)6/h10-11H,7-9H2,1-6H3,(H2,14,15,16). The van der Waals surface area contributed by atoms with Gasteiger partial charge in [0, 0.05) is 27.2 Å². The van der Waals surface area contributed by atoms with Crippen LogP contribution in [0.2, 0.25) is 0 Å². The summed E-state index contributed by atoms with van der Waals surface area (Å²) >= 11 is 0. The molecule has 0 aromatic heterocycles. The maximum Gasteiger partial charge on any atom is 0.243 e. The van der Waals surface area contributed by atoms with Crippen molar-refractivity contribution in [3.05, 3.63) is 0 Å². The first-order valence-corrected chi connectivity index (χ1v) is 6.55. The van der Waals surface area contributed by atoms with E-state index in [-0.39, 0.29) is 12.5 Å². The predicted octanol–water partition coefficient (Wildman–Crippen LogP) is 0.922. The number of likely N-dealkylation sites (N-methyl/N-ethyl adjacent to an activating group) is 1. The van der Waals surface area contributed by atoms with E-state index >= 15 is 0 Å². The Labute approximate surface area is 111 Å². The highest BCUT2D eigenvalue weighted by Gasteiger charge is 2.05. The van der Waals surface area contributed by atoms with Crippen molar-refractivity contribution in [3.8, 4) is 0 Å². The minimum absolute atomic E-state index is 0.00481. The molecule has 0 aliphatic heterocycles. The third-order valence-corrected chi connectivity index (χ3v) is 2.23. The summed E-state index contributed by atoms with van der Waals surface area (Å²) in [6.07, 6.45) is 0. The molecule has 0 aromatic rings. The maximum atomic E-state index is 11.5. The van der Waals surface area contributed by atoms with Crippen LogP contribution in [0.1, 0.15) is 27.7 Å². The summed E-state index contributed by atoms with van der Waals surface area (Å²) in [5, 5.41) is 6.47. The van der Waals surface area contributed by atoms with Crippen molar-refractivity contribution in [2.24, 2.45) is 16.8 Å². The van der Waals surface area contributed by atoms with Crippen LogP contribution in [-0.2, 0) is 4.79 Å². The number of aliphatic imine (C=N–C) groups is 1. The van der Waals surface area contributed by atoms with E-state index in [1.54, 1.807) is 19.0 Å². The summed E-state index contributed by atoms with van der Waals surface area (Å²) in [4.78, 5) is 17.3. The largest absolute Gasteiger partial charge is 0.356 e. The monoisotopic (exact) mass is 256 g/mol. The normalized spacial score (nSPS) is 10.4. The van der Waals surface area contributed by atoms with Gasteiger partial charge in [-0.2, -0.15) is 0 Å². The van der Waals surface area contributed by atoms with Crippen molar-refractivity contribution in [2.45, 2.75) is 27.7 Å². The lowest BCUT2D eigenvalue weighted by Crippen LogP contribution is -2.41. The van der Waals surface area contributed by atoms with E-state index in [0.29, 0.717) is 17.8 Å². The maximum absolute atomic E-state index is 11.5. The Bertz CT molecular complexity index is 258. The Morgan fingerprint density at radius 1 is 1.06 bits per heavy atom. The lowest BCUT2D eigenvalue weighted by molar-refractivity contribution is -0.127. The minimum atomic E-state index is 0.00481. The van der Waals surface area contributed by atoms with Gasteiger partial charge in [-0.1, -0.05) is 27.7 Å². The first kappa shape index (κ1) is 16.7. The molecule has 0 rings (SSSR count). The molecule has 0 bridgehead atoms. The zero-order valence-corrected chi connectivity index (χ0v) is 12.6. The zero-order valence-electron chi connectivity index (χ0n) is 12.6. The summed E-state index contributed by atoms with van der Waals surface area (Å²) in [5.74, 6) is 1.80. The van der Waals surface area contributed by atoms with Gasteiger partial charge in [-0.25, -0.2) is 4.99 Å². The van der Waals surface area contributed by atoms with E-state index in [1.807, 2.05) is 0 Å². The smallest absolute Gasteiger partial charge is 0.243 e. The molecule has 0 unspecified atom stereocenters. The molecule has 1 amide bonds. The van der Waals surface area contributed by atoms with Crippen LogP contribution in [0.15, 0.2) is 4.99 Å². The quantitative estimate of drug-likeness (QED) is 0.549.